The Labute approximate surface area is 176 Å². The summed E-state index contributed by atoms with van der Waals surface area (Å²) in [6, 6.07) is 14.0. The zero-order valence-corrected chi connectivity index (χ0v) is 17.5. The minimum atomic E-state index is -0.781. The largest absolute Gasteiger partial charge is 0.438 e. The first-order valence-corrected chi connectivity index (χ1v) is 10.1. The Balaban J connectivity index is 1.87. The van der Waals surface area contributed by atoms with Crippen LogP contribution in [-0.4, -0.2) is 35.4 Å². The number of benzene rings is 2. The van der Waals surface area contributed by atoms with Crippen LogP contribution in [0.3, 0.4) is 0 Å². The van der Waals surface area contributed by atoms with E-state index >= 15 is 0 Å². The highest BCUT2D eigenvalue weighted by Gasteiger charge is 2.46. The molecule has 2 aromatic rings. The molecule has 30 heavy (non-hydrogen) atoms. The monoisotopic (exact) mass is 409 g/mol. The number of anilines is 1. The molecule has 1 aliphatic rings. The number of hydrogen-bond acceptors (Lipinski definition) is 4. The predicted molar refractivity (Wildman–Crippen MR) is 114 cm³/mol. The fraction of sp³-hybridized carbons (Fsp3) is 0.348. The first-order valence-electron chi connectivity index (χ1n) is 10.1. The van der Waals surface area contributed by atoms with Gasteiger partial charge in [-0.2, -0.15) is 0 Å². The Hall–Kier alpha value is -3.35. The smallest absolute Gasteiger partial charge is 0.411 e. The third-order valence-corrected chi connectivity index (χ3v) is 4.94. The maximum absolute atomic E-state index is 13.0. The van der Waals surface area contributed by atoms with E-state index in [9.17, 15) is 14.4 Å². The molecule has 0 radical (unpaired) electrons. The van der Waals surface area contributed by atoms with E-state index in [1.54, 1.807) is 24.3 Å². The van der Waals surface area contributed by atoms with Gasteiger partial charge >= 0.3 is 6.09 Å². The lowest BCUT2D eigenvalue weighted by atomic mass is 10.00. The molecule has 0 bridgehead atoms. The molecule has 0 aliphatic carbocycles. The van der Waals surface area contributed by atoms with Crippen molar-refractivity contribution in [2.24, 2.45) is 0 Å². The third kappa shape index (κ3) is 4.97. The lowest BCUT2D eigenvalue weighted by molar-refractivity contribution is -0.126. The average molecular weight is 409 g/mol. The molecule has 7 nitrogen and oxygen atoms in total. The summed E-state index contributed by atoms with van der Waals surface area (Å²) in [6.45, 7) is 6.21. The summed E-state index contributed by atoms with van der Waals surface area (Å²) in [7, 11) is 0. The summed E-state index contributed by atoms with van der Waals surface area (Å²) in [4.78, 5) is 38.4. The van der Waals surface area contributed by atoms with Crippen LogP contribution in [0.5, 0.6) is 0 Å². The molecule has 0 saturated carbocycles. The van der Waals surface area contributed by atoms with E-state index in [0.29, 0.717) is 17.8 Å². The normalized spacial score (nSPS) is 18.1. The molecule has 2 aromatic carbocycles. The number of carbonyl (C=O) groups excluding carboxylic acids is 3. The summed E-state index contributed by atoms with van der Waals surface area (Å²) in [5.74, 6) is -0.415. The minimum Gasteiger partial charge on any atom is -0.438 e. The topological polar surface area (TPSA) is 87.7 Å². The van der Waals surface area contributed by atoms with Crippen LogP contribution >= 0.6 is 0 Å². The van der Waals surface area contributed by atoms with Crippen molar-refractivity contribution in [3.8, 4) is 0 Å². The maximum atomic E-state index is 13.0. The van der Waals surface area contributed by atoms with Gasteiger partial charge in [-0.3, -0.25) is 14.5 Å². The van der Waals surface area contributed by atoms with Gasteiger partial charge in [0, 0.05) is 19.2 Å². The molecule has 1 saturated heterocycles. The van der Waals surface area contributed by atoms with Gasteiger partial charge in [0.2, 0.25) is 11.8 Å². The summed E-state index contributed by atoms with van der Waals surface area (Å²) in [5, 5.41) is 5.59. The Morgan fingerprint density at radius 3 is 2.33 bits per heavy atom. The average Bonchev–Trinajstić information content (AvgIpc) is 3.04. The van der Waals surface area contributed by atoms with Crippen LogP contribution in [0.15, 0.2) is 48.5 Å². The minimum absolute atomic E-state index is 0.170. The second kappa shape index (κ2) is 9.43. The van der Waals surface area contributed by atoms with Crippen molar-refractivity contribution < 1.29 is 19.1 Å². The Morgan fingerprint density at radius 1 is 1.07 bits per heavy atom. The molecular formula is C23H27N3O4. The fourth-order valence-corrected chi connectivity index (χ4v) is 3.41. The van der Waals surface area contributed by atoms with Crippen LogP contribution in [0, 0.1) is 6.92 Å². The van der Waals surface area contributed by atoms with Crippen molar-refractivity contribution in [2.75, 3.05) is 11.9 Å². The van der Waals surface area contributed by atoms with Gasteiger partial charge in [-0.25, -0.2) is 4.79 Å². The first kappa shape index (κ1) is 21.4. The van der Waals surface area contributed by atoms with Crippen molar-refractivity contribution in [3.63, 3.8) is 0 Å². The number of nitrogens with zero attached hydrogens (tertiary/aromatic N) is 1. The number of nitrogens with one attached hydrogen (secondary N) is 2. The van der Waals surface area contributed by atoms with Crippen molar-refractivity contribution in [3.05, 3.63) is 65.2 Å². The van der Waals surface area contributed by atoms with Crippen LogP contribution in [0.1, 0.15) is 43.1 Å². The standard InChI is InChI=1S/C23H27N3O4/c1-4-13-24-22(28)20-21(18-9-11-19(12-10-18)25-16(3)27)30-23(29)26(20)14-17-7-5-15(2)6-8-17/h5-12,20-21H,4,13-14H2,1-3H3,(H,24,28)(H,25,27). The number of amides is 3. The van der Waals surface area contributed by atoms with Gasteiger partial charge in [-0.05, 0) is 36.6 Å². The molecule has 0 spiro atoms. The number of rotatable bonds is 7. The molecule has 158 valence electrons. The van der Waals surface area contributed by atoms with Crippen LogP contribution in [0.25, 0.3) is 0 Å². The van der Waals surface area contributed by atoms with Gasteiger partial charge in [0.1, 0.15) is 0 Å². The van der Waals surface area contributed by atoms with Crippen molar-refractivity contribution in [1.29, 1.82) is 0 Å². The van der Waals surface area contributed by atoms with Crippen LogP contribution < -0.4 is 10.6 Å². The second-order valence-corrected chi connectivity index (χ2v) is 7.46. The van der Waals surface area contributed by atoms with Crippen molar-refractivity contribution >= 4 is 23.6 Å². The third-order valence-electron chi connectivity index (χ3n) is 4.94. The molecule has 1 heterocycles. The van der Waals surface area contributed by atoms with Crippen molar-refractivity contribution in [2.45, 2.75) is 45.9 Å². The van der Waals surface area contributed by atoms with E-state index in [0.717, 1.165) is 17.5 Å². The molecular weight excluding hydrogens is 382 g/mol. The van der Waals surface area contributed by atoms with Crippen LogP contribution in [0.2, 0.25) is 0 Å². The van der Waals surface area contributed by atoms with Gasteiger partial charge in [-0.1, -0.05) is 48.9 Å². The second-order valence-electron chi connectivity index (χ2n) is 7.46. The number of hydrogen-bond donors (Lipinski definition) is 2. The SMILES string of the molecule is CCCNC(=O)C1C(c2ccc(NC(C)=O)cc2)OC(=O)N1Cc1ccc(C)cc1. The number of aryl methyl sites for hydroxylation is 1. The summed E-state index contributed by atoms with van der Waals surface area (Å²) in [6.07, 6.45) is -0.462. The van der Waals surface area contributed by atoms with Gasteiger partial charge in [0.25, 0.3) is 0 Å². The van der Waals surface area contributed by atoms with E-state index in [1.165, 1.54) is 11.8 Å². The molecule has 0 aromatic heterocycles. The molecule has 3 amide bonds. The highest BCUT2D eigenvalue weighted by atomic mass is 16.6. The summed E-state index contributed by atoms with van der Waals surface area (Å²) in [5.41, 5.74) is 3.38. The van der Waals surface area contributed by atoms with Gasteiger partial charge in [0.05, 0.1) is 6.54 Å². The van der Waals surface area contributed by atoms with Crippen molar-refractivity contribution in [1.82, 2.24) is 10.2 Å². The Bertz CT molecular complexity index is 909. The van der Waals surface area contributed by atoms with E-state index in [-0.39, 0.29) is 18.4 Å². The predicted octanol–water partition coefficient (Wildman–Crippen LogP) is 3.54. The summed E-state index contributed by atoms with van der Waals surface area (Å²) >= 11 is 0. The molecule has 2 N–H and O–H groups in total. The molecule has 7 heteroatoms. The molecule has 3 rings (SSSR count). The number of carbonyl (C=O) groups is 3. The first-order chi connectivity index (χ1) is 14.4. The van der Waals surface area contributed by atoms with Gasteiger partial charge in [-0.15, -0.1) is 0 Å². The van der Waals surface area contributed by atoms with Crippen LogP contribution in [-0.2, 0) is 20.9 Å². The van der Waals surface area contributed by atoms with E-state index in [2.05, 4.69) is 10.6 Å². The lowest BCUT2D eigenvalue weighted by Crippen LogP contribution is -2.46. The summed E-state index contributed by atoms with van der Waals surface area (Å²) < 4.78 is 5.63. The molecule has 1 fully saturated rings. The van der Waals surface area contributed by atoms with Gasteiger partial charge < -0.3 is 15.4 Å². The fourth-order valence-electron chi connectivity index (χ4n) is 3.41. The quantitative estimate of drug-likeness (QED) is 0.732. The zero-order valence-electron chi connectivity index (χ0n) is 17.5. The highest BCUT2D eigenvalue weighted by Crippen LogP contribution is 2.34. The Morgan fingerprint density at radius 2 is 1.73 bits per heavy atom. The highest BCUT2D eigenvalue weighted by molar-refractivity contribution is 5.90. The van der Waals surface area contributed by atoms with E-state index in [4.69, 9.17) is 4.74 Å². The van der Waals surface area contributed by atoms with Gasteiger partial charge in [0.15, 0.2) is 12.1 Å². The Kier molecular flexibility index (Phi) is 6.72. The van der Waals surface area contributed by atoms with Crippen LogP contribution in [0.4, 0.5) is 10.5 Å². The maximum Gasteiger partial charge on any atom is 0.411 e. The molecule has 2 unspecified atom stereocenters. The number of ether oxygens (including phenoxy) is 1. The van der Waals surface area contributed by atoms with E-state index < -0.39 is 18.2 Å². The van der Waals surface area contributed by atoms with E-state index in [1.807, 2.05) is 38.1 Å². The number of cyclic esters (lactones) is 1. The zero-order chi connectivity index (χ0) is 21.7. The molecule has 1 aliphatic heterocycles. The molecule has 2 atom stereocenters. The lowest BCUT2D eigenvalue weighted by Gasteiger charge is -2.24.